The second kappa shape index (κ2) is 11.1. The molecule has 1 aromatic heterocycles. The highest BCUT2D eigenvalue weighted by Crippen LogP contribution is 2.30. The number of aromatic nitrogens is 2. The van der Waals surface area contributed by atoms with Crippen LogP contribution in [0.25, 0.3) is 0 Å². The molecule has 1 heterocycles. The summed E-state index contributed by atoms with van der Waals surface area (Å²) in [5.74, 6) is 1.89. The zero-order chi connectivity index (χ0) is 20.7. The van der Waals surface area contributed by atoms with Crippen molar-refractivity contribution in [3.05, 3.63) is 41.7 Å². The van der Waals surface area contributed by atoms with E-state index in [1.165, 1.54) is 13.2 Å². The van der Waals surface area contributed by atoms with Gasteiger partial charge < -0.3 is 19.7 Å². The van der Waals surface area contributed by atoms with Crippen LogP contribution < -0.4 is 14.8 Å². The number of hydrogen-bond donors (Lipinski definition) is 1. The Hall–Kier alpha value is -2.18. The second-order valence-corrected chi connectivity index (χ2v) is 6.02. The van der Waals surface area contributed by atoms with Gasteiger partial charge in [-0.2, -0.15) is 18.3 Å². The van der Waals surface area contributed by atoms with E-state index in [1.54, 1.807) is 50.4 Å². The first kappa shape index (κ1) is 24.9. The maximum Gasteiger partial charge on any atom is 0.435 e. The van der Waals surface area contributed by atoms with Crippen molar-refractivity contribution in [2.45, 2.75) is 12.7 Å². The van der Waals surface area contributed by atoms with Crippen LogP contribution in [0.15, 0.2) is 35.5 Å². The van der Waals surface area contributed by atoms with Gasteiger partial charge in [0.2, 0.25) is 0 Å². The van der Waals surface area contributed by atoms with Gasteiger partial charge in [0.1, 0.15) is 18.1 Å². The average Bonchev–Trinajstić information content (AvgIpc) is 3.04. The minimum Gasteiger partial charge on any atom is -0.497 e. The van der Waals surface area contributed by atoms with Crippen molar-refractivity contribution in [1.82, 2.24) is 20.0 Å². The third-order valence-corrected chi connectivity index (χ3v) is 3.94. The van der Waals surface area contributed by atoms with E-state index in [-0.39, 0.29) is 36.1 Å². The lowest BCUT2D eigenvalue weighted by Gasteiger charge is -2.22. The summed E-state index contributed by atoms with van der Waals surface area (Å²) in [6, 6.07) is 7.19. The third kappa shape index (κ3) is 7.29. The maximum atomic E-state index is 13.0. The number of nitrogens with one attached hydrogen (secondary N) is 1. The van der Waals surface area contributed by atoms with Crippen molar-refractivity contribution in [3.8, 4) is 11.5 Å². The van der Waals surface area contributed by atoms with E-state index in [2.05, 4.69) is 15.4 Å². The minimum absolute atomic E-state index is 0. The lowest BCUT2D eigenvalue weighted by Crippen LogP contribution is -2.40. The number of aryl methyl sites for hydroxylation is 1. The van der Waals surface area contributed by atoms with Gasteiger partial charge in [-0.05, 0) is 24.3 Å². The number of nitrogens with zero attached hydrogens (tertiary/aromatic N) is 4. The average molecular weight is 527 g/mol. The quantitative estimate of drug-likeness (QED) is 0.341. The van der Waals surface area contributed by atoms with Gasteiger partial charge in [-0.25, -0.2) is 0 Å². The van der Waals surface area contributed by atoms with Crippen LogP contribution >= 0.6 is 24.0 Å². The van der Waals surface area contributed by atoms with E-state index in [9.17, 15) is 13.2 Å². The van der Waals surface area contributed by atoms with Gasteiger partial charge in [-0.1, -0.05) is 0 Å². The Balaban J connectivity index is 0.00000420. The van der Waals surface area contributed by atoms with Gasteiger partial charge in [-0.3, -0.25) is 9.67 Å². The van der Waals surface area contributed by atoms with Gasteiger partial charge in [-0.15, -0.1) is 24.0 Å². The Morgan fingerprint density at radius 3 is 2.41 bits per heavy atom. The summed E-state index contributed by atoms with van der Waals surface area (Å²) >= 11 is 0. The molecule has 1 N–H and O–H groups in total. The zero-order valence-corrected chi connectivity index (χ0v) is 19.0. The topological polar surface area (TPSA) is 63.9 Å². The SMILES string of the molecule is CN=C(NCc1cn(C)nc1C(F)(F)F)N(C)CCOc1ccc(OC)cc1.I. The van der Waals surface area contributed by atoms with Gasteiger partial charge in [0, 0.05) is 39.4 Å². The van der Waals surface area contributed by atoms with Crippen molar-refractivity contribution >= 4 is 29.9 Å². The fourth-order valence-electron chi connectivity index (χ4n) is 2.54. The molecular weight excluding hydrogens is 502 g/mol. The first-order valence-electron chi connectivity index (χ1n) is 8.53. The predicted octanol–water partition coefficient (Wildman–Crippen LogP) is 3.15. The van der Waals surface area contributed by atoms with E-state index >= 15 is 0 Å². The van der Waals surface area contributed by atoms with Crippen LogP contribution in [-0.4, -0.2) is 55.0 Å². The highest BCUT2D eigenvalue weighted by atomic mass is 127. The third-order valence-electron chi connectivity index (χ3n) is 3.94. The van der Waals surface area contributed by atoms with Crippen molar-refractivity contribution in [1.29, 1.82) is 0 Å². The molecule has 29 heavy (non-hydrogen) atoms. The van der Waals surface area contributed by atoms with Crippen LogP contribution in [-0.2, 0) is 19.8 Å². The Morgan fingerprint density at radius 2 is 1.86 bits per heavy atom. The number of benzene rings is 1. The van der Waals surface area contributed by atoms with Crippen molar-refractivity contribution in [2.24, 2.45) is 12.0 Å². The van der Waals surface area contributed by atoms with Crippen LogP contribution in [0.1, 0.15) is 11.3 Å². The number of alkyl halides is 3. The van der Waals surface area contributed by atoms with Crippen LogP contribution in [0.2, 0.25) is 0 Å². The number of rotatable bonds is 7. The first-order chi connectivity index (χ1) is 13.2. The number of hydrogen-bond acceptors (Lipinski definition) is 4. The fourth-order valence-corrected chi connectivity index (χ4v) is 2.54. The van der Waals surface area contributed by atoms with Crippen LogP contribution in [0.5, 0.6) is 11.5 Å². The van der Waals surface area contributed by atoms with E-state index in [0.29, 0.717) is 24.9 Å². The zero-order valence-electron chi connectivity index (χ0n) is 16.7. The number of halogens is 4. The Kier molecular flexibility index (Phi) is 9.53. The fraction of sp³-hybridized carbons (Fsp3) is 0.444. The molecule has 0 aliphatic heterocycles. The van der Waals surface area contributed by atoms with Gasteiger partial charge in [0.15, 0.2) is 11.7 Å². The highest BCUT2D eigenvalue weighted by Gasteiger charge is 2.36. The molecule has 0 spiro atoms. The second-order valence-electron chi connectivity index (χ2n) is 6.02. The Morgan fingerprint density at radius 1 is 1.24 bits per heavy atom. The Labute approximate surface area is 184 Å². The molecule has 0 radical (unpaired) electrons. The number of aliphatic imine (C=N–C) groups is 1. The smallest absolute Gasteiger partial charge is 0.435 e. The van der Waals surface area contributed by atoms with Gasteiger partial charge >= 0.3 is 6.18 Å². The van der Waals surface area contributed by atoms with E-state index in [4.69, 9.17) is 9.47 Å². The molecule has 2 rings (SSSR count). The molecule has 2 aromatic rings. The summed E-state index contributed by atoms with van der Waals surface area (Å²) in [6.45, 7) is 0.828. The monoisotopic (exact) mass is 527 g/mol. The molecule has 0 amide bonds. The van der Waals surface area contributed by atoms with E-state index in [0.717, 1.165) is 10.4 Å². The number of likely N-dealkylation sites (N-methyl/N-ethyl adjacent to an activating group) is 1. The molecule has 0 fully saturated rings. The summed E-state index contributed by atoms with van der Waals surface area (Å²) in [5, 5.41) is 6.42. The van der Waals surface area contributed by atoms with Gasteiger partial charge in [0.05, 0.1) is 13.7 Å². The molecule has 7 nitrogen and oxygen atoms in total. The molecule has 1 aromatic carbocycles. The summed E-state index contributed by atoms with van der Waals surface area (Å²) in [5.41, 5.74) is -0.845. The molecule has 0 aliphatic carbocycles. The Bertz CT molecular complexity index is 794. The molecular formula is C18H25F3IN5O2. The number of ether oxygens (including phenoxy) is 2. The standard InChI is InChI=1S/C18H24F3N5O2.HI/c1-22-17(23-11-13-12-26(3)24-16(13)18(19,20)21)25(2)9-10-28-15-7-5-14(27-4)6-8-15;/h5-8,12H,9-11H2,1-4H3,(H,22,23);1H. The normalized spacial score (nSPS) is 11.6. The molecule has 0 saturated carbocycles. The molecule has 0 unspecified atom stereocenters. The lowest BCUT2D eigenvalue weighted by atomic mass is 10.2. The largest absolute Gasteiger partial charge is 0.497 e. The molecule has 0 bridgehead atoms. The van der Waals surface area contributed by atoms with Gasteiger partial charge in [0.25, 0.3) is 0 Å². The summed E-state index contributed by atoms with van der Waals surface area (Å²) in [7, 11) is 6.39. The van der Waals surface area contributed by atoms with Crippen molar-refractivity contribution < 1.29 is 22.6 Å². The van der Waals surface area contributed by atoms with Crippen LogP contribution in [0, 0.1) is 0 Å². The molecule has 0 atom stereocenters. The van der Waals surface area contributed by atoms with Crippen LogP contribution in [0.3, 0.4) is 0 Å². The molecule has 11 heteroatoms. The number of methoxy groups -OCH3 is 1. The summed E-state index contributed by atoms with van der Waals surface area (Å²) in [4.78, 5) is 5.87. The summed E-state index contributed by atoms with van der Waals surface area (Å²) in [6.07, 6.45) is -3.16. The summed E-state index contributed by atoms with van der Waals surface area (Å²) < 4.78 is 51.0. The molecule has 0 aliphatic rings. The molecule has 162 valence electrons. The first-order valence-corrected chi connectivity index (χ1v) is 8.53. The van der Waals surface area contributed by atoms with E-state index in [1.807, 2.05) is 0 Å². The van der Waals surface area contributed by atoms with Crippen LogP contribution in [0.4, 0.5) is 13.2 Å². The minimum atomic E-state index is -4.50. The van der Waals surface area contributed by atoms with Crippen molar-refractivity contribution in [2.75, 3.05) is 34.4 Å². The predicted molar refractivity (Wildman–Crippen MR) is 115 cm³/mol. The van der Waals surface area contributed by atoms with E-state index < -0.39 is 11.9 Å². The molecule has 0 saturated heterocycles. The number of guanidine groups is 1. The van der Waals surface area contributed by atoms with Crippen molar-refractivity contribution in [3.63, 3.8) is 0 Å². The maximum absolute atomic E-state index is 13.0. The lowest BCUT2D eigenvalue weighted by molar-refractivity contribution is -0.142. The highest BCUT2D eigenvalue weighted by molar-refractivity contribution is 14.0.